The Balaban J connectivity index is 2.96. The fraction of sp³-hybridized carbons (Fsp3) is 0.400. The van der Waals surface area contributed by atoms with Crippen molar-refractivity contribution >= 4 is 28.3 Å². The van der Waals surface area contributed by atoms with Crippen molar-refractivity contribution in [3.63, 3.8) is 0 Å². The minimum absolute atomic E-state index is 0.0453. The van der Waals surface area contributed by atoms with E-state index in [9.17, 15) is 9.59 Å². The third-order valence-electron chi connectivity index (χ3n) is 4.53. The summed E-state index contributed by atoms with van der Waals surface area (Å²) < 4.78 is 3.52. The Morgan fingerprint density at radius 1 is 0.731 bits per heavy atom. The van der Waals surface area contributed by atoms with Crippen LogP contribution in [0.25, 0.3) is 0 Å². The zero-order chi connectivity index (χ0) is 20.1. The maximum absolute atomic E-state index is 11.5. The van der Waals surface area contributed by atoms with Gasteiger partial charge in [0.2, 0.25) is 28.3 Å². The first-order chi connectivity index (χ1) is 11.9. The quantitative estimate of drug-likeness (QED) is 0.581. The second-order valence-electron chi connectivity index (χ2n) is 7.35. The molecule has 1 aromatic rings. The van der Waals surface area contributed by atoms with E-state index >= 15 is 0 Å². The van der Waals surface area contributed by atoms with Gasteiger partial charge >= 0.3 is 0 Å². The van der Waals surface area contributed by atoms with Crippen molar-refractivity contribution in [2.45, 2.75) is 40.0 Å². The van der Waals surface area contributed by atoms with Crippen molar-refractivity contribution in [2.75, 3.05) is 14.1 Å². The van der Waals surface area contributed by atoms with E-state index in [4.69, 9.17) is 0 Å². The minimum Gasteiger partial charge on any atom is -0.361 e. The van der Waals surface area contributed by atoms with E-state index in [0.717, 1.165) is 11.1 Å². The summed E-state index contributed by atoms with van der Waals surface area (Å²) in [6.07, 6.45) is 0. The van der Waals surface area contributed by atoms with Crippen LogP contribution in [0.15, 0.2) is 24.3 Å². The van der Waals surface area contributed by atoms with E-state index < -0.39 is 16.5 Å². The molecule has 0 radical (unpaired) electrons. The second-order valence-corrected chi connectivity index (χ2v) is 15.4. The van der Waals surface area contributed by atoms with Gasteiger partial charge in [0.25, 0.3) is 0 Å². The Morgan fingerprint density at radius 3 is 1.23 bits per heavy atom. The second kappa shape index (κ2) is 8.40. The predicted molar refractivity (Wildman–Crippen MR) is 112 cm³/mol. The van der Waals surface area contributed by atoms with Crippen LogP contribution < -0.4 is 0 Å². The summed E-state index contributed by atoms with van der Waals surface area (Å²) >= 11 is 0. The first kappa shape index (κ1) is 21.8. The van der Waals surface area contributed by atoms with Crippen molar-refractivity contribution in [3.8, 4) is 22.9 Å². The highest BCUT2D eigenvalue weighted by Gasteiger charge is 2.27. The van der Waals surface area contributed by atoms with Gasteiger partial charge in [0.15, 0.2) is 0 Å². The standard InChI is InChI=1S/C20H28N2O2Si2/c1-17(23)21(3)25(5,6)15-13-19-9-11-20(12-10-19)14-16-26(7,8)22(4)18(2)24/h9-12H,1-8H3. The van der Waals surface area contributed by atoms with Gasteiger partial charge in [-0.25, -0.2) is 0 Å². The van der Waals surface area contributed by atoms with E-state index in [2.05, 4.69) is 49.1 Å². The van der Waals surface area contributed by atoms with Crippen LogP contribution in [0.3, 0.4) is 0 Å². The van der Waals surface area contributed by atoms with Crippen molar-refractivity contribution in [1.82, 2.24) is 9.13 Å². The molecule has 0 saturated carbocycles. The van der Waals surface area contributed by atoms with Gasteiger partial charge < -0.3 is 9.13 Å². The summed E-state index contributed by atoms with van der Waals surface area (Å²) in [5, 5.41) is 0. The molecule has 0 spiro atoms. The van der Waals surface area contributed by atoms with Crippen molar-refractivity contribution in [3.05, 3.63) is 35.4 Å². The highest BCUT2D eigenvalue weighted by atomic mass is 28.3. The Bertz CT molecular complexity index is 737. The van der Waals surface area contributed by atoms with Gasteiger partial charge in [-0.15, -0.1) is 11.1 Å². The lowest BCUT2D eigenvalue weighted by molar-refractivity contribution is -0.124. The molecule has 26 heavy (non-hydrogen) atoms. The molecule has 138 valence electrons. The zero-order valence-electron chi connectivity index (χ0n) is 17.0. The number of rotatable bonds is 2. The van der Waals surface area contributed by atoms with E-state index in [0.29, 0.717) is 0 Å². The van der Waals surface area contributed by atoms with Crippen LogP contribution in [0.1, 0.15) is 25.0 Å². The van der Waals surface area contributed by atoms with Crippen LogP contribution in [-0.4, -0.2) is 51.5 Å². The van der Waals surface area contributed by atoms with Crippen LogP contribution in [0.5, 0.6) is 0 Å². The molecule has 0 N–H and O–H groups in total. The normalized spacial score (nSPS) is 10.8. The molecule has 0 fully saturated rings. The molecule has 2 amide bonds. The molecule has 0 heterocycles. The topological polar surface area (TPSA) is 40.6 Å². The van der Waals surface area contributed by atoms with Crippen LogP contribution in [-0.2, 0) is 9.59 Å². The summed E-state index contributed by atoms with van der Waals surface area (Å²) in [7, 11) is -0.511. The number of benzene rings is 1. The maximum atomic E-state index is 11.5. The Kier molecular flexibility index (Phi) is 7.03. The fourth-order valence-electron chi connectivity index (χ4n) is 2.04. The van der Waals surface area contributed by atoms with Crippen molar-refractivity contribution in [2.24, 2.45) is 0 Å². The summed E-state index contributed by atoms with van der Waals surface area (Å²) in [5.41, 5.74) is 8.38. The van der Waals surface area contributed by atoms with Gasteiger partial charge in [-0.05, 0) is 50.5 Å². The van der Waals surface area contributed by atoms with Crippen LogP contribution in [0.2, 0.25) is 26.2 Å². The molecule has 0 bridgehead atoms. The Morgan fingerprint density at radius 2 is 1.00 bits per heavy atom. The highest BCUT2D eigenvalue weighted by molar-refractivity contribution is 6.84. The Labute approximate surface area is 159 Å². The maximum Gasteiger partial charge on any atom is 0.234 e. The summed E-state index contributed by atoms with van der Waals surface area (Å²) in [6.45, 7) is 11.4. The average molecular weight is 385 g/mol. The van der Waals surface area contributed by atoms with Crippen molar-refractivity contribution < 1.29 is 9.59 Å². The summed E-state index contributed by atoms with van der Waals surface area (Å²) in [4.78, 5) is 23.1. The smallest absolute Gasteiger partial charge is 0.234 e. The van der Waals surface area contributed by atoms with Crippen molar-refractivity contribution in [1.29, 1.82) is 0 Å². The molecule has 6 heteroatoms. The molecule has 0 aliphatic heterocycles. The molecule has 0 atom stereocenters. The number of amides is 2. The lowest BCUT2D eigenvalue weighted by Gasteiger charge is -2.27. The molecule has 4 nitrogen and oxygen atoms in total. The Hall–Kier alpha value is -2.29. The lowest BCUT2D eigenvalue weighted by atomic mass is 10.1. The summed E-state index contributed by atoms with van der Waals surface area (Å²) in [6, 6.07) is 7.77. The van der Waals surface area contributed by atoms with Crippen LogP contribution >= 0.6 is 0 Å². The van der Waals surface area contributed by atoms with Gasteiger partial charge in [0.1, 0.15) is 0 Å². The molecule has 1 aromatic carbocycles. The number of carbonyl (C=O) groups is 2. The first-order valence-electron chi connectivity index (χ1n) is 8.52. The fourth-order valence-corrected chi connectivity index (χ4v) is 4.85. The van der Waals surface area contributed by atoms with Gasteiger partial charge in [0, 0.05) is 39.1 Å². The molecule has 0 unspecified atom stereocenters. The van der Waals surface area contributed by atoms with E-state index in [1.165, 1.54) is 0 Å². The molecule has 1 rings (SSSR count). The highest BCUT2D eigenvalue weighted by Crippen LogP contribution is 2.09. The molecular weight excluding hydrogens is 356 g/mol. The SMILES string of the molecule is CC(=O)N(C)[Si](C)(C)C#Cc1ccc(C#C[Si](C)(C)N(C)C(C)=O)cc1. The molecule has 0 aliphatic rings. The zero-order valence-corrected chi connectivity index (χ0v) is 19.0. The van der Waals surface area contributed by atoms with E-state index in [1.807, 2.05) is 38.4 Å². The molecule has 0 aliphatic carbocycles. The predicted octanol–water partition coefficient (Wildman–Crippen LogP) is 2.83. The molecular formula is C20H28N2O2Si2. The summed E-state index contributed by atoms with van der Waals surface area (Å²) in [5.74, 6) is 6.45. The molecule has 0 aromatic heterocycles. The van der Waals surface area contributed by atoms with Crippen LogP contribution in [0, 0.1) is 22.9 Å². The lowest BCUT2D eigenvalue weighted by Crippen LogP contribution is -2.47. The van der Waals surface area contributed by atoms with Gasteiger partial charge in [-0.3, -0.25) is 9.59 Å². The van der Waals surface area contributed by atoms with E-state index in [-0.39, 0.29) is 11.8 Å². The van der Waals surface area contributed by atoms with E-state index in [1.54, 1.807) is 23.0 Å². The van der Waals surface area contributed by atoms with Gasteiger partial charge in [0.05, 0.1) is 0 Å². The van der Waals surface area contributed by atoms with Gasteiger partial charge in [-0.2, -0.15) is 0 Å². The number of carbonyl (C=O) groups excluding carboxylic acids is 2. The average Bonchev–Trinajstić information content (AvgIpc) is 2.57. The van der Waals surface area contributed by atoms with Gasteiger partial charge in [-0.1, -0.05) is 11.8 Å². The number of hydrogen-bond donors (Lipinski definition) is 0. The first-order valence-corrected chi connectivity index (χ1v) is 14.4. The number of hydrogen-bond acceptors (Lipinski definition) is 2. The minimum atomic E-state index is -2.07. The molecule has 0 saturated heterocycles. The monoisotopic (exact) mass is 384 g/mol. The number of nitrogens with zero attached hydrogens (tertiary/aromatic N) is 2. The largest absolute Gasteiger partial charge is 0.361 e. The third-order valence-corrected chi connectivity index (χ3v) is 9.99. The van der Waals surface area contributed by atoms with Crippen LogP contribution in [0.4, 0.5) is 0 Å². The third kappa shape index (κ3) is 5.91.